The molecule has 1 saturated carbocycles. The van der Waals surface area contributed by atoms with E-state index in [1.807, 2.05) is 6.08 Å². The second-order valence-corrected chi connectivity index (χ2v) is 9.49. The Morgan fingerprint density at radius 2 is 2.03 bits per heavy atom. The van der Waals surface area contributed by atoms with E-state index in [1.54, 1.807) is 6.92 Å². The van der Waals surface area contributed by atoms with Gasteiger partial charge in [-0.15, -0.1) is 0 Å². The molecule has 1 aliphatic rings. The summed E-state index contributed by atoms with van der Waals surface area (Å²) in [6.45, 7) is 14.0. The number of aromatic hydroxyl groups is 1. The molecule has 2 rings (SSSR count). The van der Waals surface area contributed by atoms with Crippen LogP contribution in [0.25, 0.3) is 0 Å². The van der Waals surface area contributed by atoms with Crippen molar-refractivity contribution in [3.05, 3.63) is 45.5 Å². The highest BCUT2D eigenvalue weighted by molar-refractivity contribution is 6.33. The molecule has 0 saturated heterocycles. The fourth-order valence-electron chi connectivity index (χ4n) is 4.79. The van der Waals surface area contributed by atoms with Crippen LogP contribution in [-0.2, 0) is 6.42 Å². The molecule has 1 aromatic carbocycles. The molecule has 1 aliphatic carbocycles. The average Bonchev–Trinajstić information content (AvgIpc) is 2.75. The van der Waals surface area contributed by atoms with E-state index in [2.05, 4.69) is 52.1 Å². The number of aldehydes is 1. The van der Waals surface area contributed by atoms with Gasteiger partial charge in [-0.1, -0.05) is 63.1 Å². The van der Waals surface area contributed by atoms with Gasteiger partial charge in [0.2, 0.25) is 0 Å². The van der Waals surface area contributed by atoms with Crippen LogP contribution in [0.5, 0.6) is 11.5 Å². The van der Waals surface area contributed by atoms with E-state index in [0.717, 1.165) is 12.1 Å². The lowest BCUT2D eigenvalue weighted by atomic mass is 9.60. The van der Waals surface area contributed by atoms with Gasteiger partial charge in [0.15, 0.2) is 6.29 Å². The van der Waals surface area contributed by atoms with Gasteiger partial charge >= 0.3 is 0 Å². The Kier molecular flexibility index (Phi) is 8.79. The maximum Gasteiger partial charge on any atom is 0.154 e. The highest BCUT2D eigenvalue weighted by Gasteiger charge is 2.42. The number of rotatable bonds is 8. The maximum absolute atomic E-state index is 11.4. The van der Waals surface area contributed by atoms with E-state index in [-0.39, 0.29) is 16.7 Å². The van der Waals surface area contributed by atoms with E-state index in [9.17, 15) is 9.90 Å². The number of hydrogen-bond donors (Lipinski definition) is 2. The molecule has 0 bridgehead atoms. The standard InChI is InChI=1S/C26H38ClNO3/c1-8-28-22-12-10-17(3)26(6,19(22)5)14-13-16(2)9-11-20-24(30)21(15-29)18(4)23(27)25(20)31-7/h9,13-15,17,19,22,28,30H,8,10-12H2,1-7H3/b14-13+,16-9+/t17-,19+,22+,26+/m1/s1. The number of carbonyl (C=O) groups excluding carboxylic acids is 1. The molecule has 31 heavy (non-hydrogen) atoms. The lowest BCUT2D eigenvalue weighted by molar-refractivity contribution is 0.0802. The number of phenolic OH excluding ortho intramolecular Hbond substituents is 1. The number of halogens is 1. The van der Waals surface area contributed by atoms with E-state index in [1.165, 1.54) is 20.0 Å². The van der Waals surface area contributed by atoms with Gasteiger partial charge in [-0.3, -0.25) is 4.79 Å². The molecule has 1 fully saturated rings. The molecule has 0 spiro atoms. The monoisotopic (exact) mass is 447 g/mol. The zero-order valence-electron chi connectivity index (χ0n) is 20.0. The maximum atomic E-state index is 11.4. The molecule has 0 aliphatic heterocycles. The summed E-state index contributed by atoms with van der Waals surface area (Å²) in [5, 5.41) is 14.6. The summed E-state index contributed by atoms with van der Waals surface area (Å²) in [6, 6.07) is 0.540. The summed E-state index contributed by atoms with van der Waals surface area (Å²) < 4.78 is 5.44. The summed E-state index contributed by atoms with van der Waals surface area (Å²) >= 11 is 6.39. The highest BCUT2D eigenvalue weighted by Crippen LogP contribution is 2.46. The van der Waals surface area contributed by atoms with E-state index < -0.39 is 0 Å². The summed E-state index contributed by atoms with van der Waals surface area (Å²) in [5.41, 5.74) is 2.48. The number of methoxy groups -OCH3 is 1. The first-order valence-corrected chi connectivity index (χ1v) is 11.6. The average molecular weight is 448 g/mol. The van der Waals surface area contributed by atoms with Crippen LogP contribution in [0.2, 0.25) is 5.02 Å². The second-order valence-electron chi connectivity index (χ2n) is 9.11. The van der Waals surface area contributed by atoms with Crippen molar-refractivity contribution < 1.29 is 14.6 Å². The van der Waals surface area contributed by atoms with Gasteiger partial charge in [-0.05, 0) is 62.5 Å². The summed E-state index contributed by atoms with van der Waals surface area (Å²) in [5.74, 6) is 1.51. The fraction of sp³-hybridized carbons (Fsp3) is 0.577. The predicted octanol–water partition coefficient (Wildman–Crippen LogP) is 6.27. The van der Waals surface area contributed by atoms with Crippen LogP contribution in [0.3, 0.4) is 0 Å². The largest absolute Gasteiger partial charge is 0.507 e. The first kappa shape index (κ1) is 25.5. The van der Waals surface area contributed by atoms with E-state index in [0.29, 0.717) is 52.5 Å². The Bertz CT molecular complexity index is 861. The molecule has 4 atom stereocenters. The number of carbonyl (C=O) groups is 1. The third kappa shape index (κ3) is 5.18. The summed E-state index contributed by atoms with van der Waals surface area (Å²) in [6.07, 6.45) is 10.1. The molecule has 0 unspecified atom stereocenters. The Labute approximate surface area is 192 Å². The number of allylic oxidation sites excluding steroid dienone is 4. The van der Waals surface area contributed by atoms with Crippen molar-refractivity contribution in [1.29, 1.82) is 0 Å². The van der Waals surface area contributed by atoms with Crippen LogP contribution in [0, 0.1) is 24.2 Å². The Morgan fingerprint density at radius 3 is 2.61 bits per heavy atom. The lowest BCUT2D eigenvalue weighted by Crippen LogP contribution is -2.48. The third-order valence-corrected chi connectivity index (χ3v) is 7.88. The first-order valence-electron chi connectivity index (χ1n) is 11.2. The quantitative estimate of drug-likeness (QED) is 0.364. The molecular formula is C26H38ClNO3. The molecule has 4 nitrogen and oxygen atoms in total. The van der Waals surface area contributed by atoms with Gasteiger partial charge in [0.1, 0.15) is 11.5 Å². The van der Waals surface area contributed by atoms with E-state index >= 15 is 0 Å². The van der Waals surface area contributed by atoms with Crippen LogP contribution in [0.15, 0.2) is 23.8 Å². The van der Waals surface area contributed by atoms with Crippen molar-refractivity contribution in [2.75, 3.05) is 13.7 Å². The van der Waals surface area contributed by atoms with Crippen molar-refractivity contribution in [3.8, 4) is 11.5 Å². The first-order chi connectivity index (χ1) is 14.6. The topological polar surface area (TPSA) is 58.6 Å². The van der Waals surface area contributed by atoms with Gasteiger partial charge in [-0.2, -0.15) is 0 Å². The predicted molar refractivity (Wildman–Crippen MR) is 130 cm³/mol. The van der Waals surface area contributed by atoms with Gasteiger partial charge in [0.25, 0.3) is 0 Å². The fourth-order valence-corrected chi connectivity index (χ4v) is 5.08. The zero-order chi connectivity index (χ0) is 23.3. The smallest absolute Gasteiger partial charge is 0.154 e. The number of nitrogens with one attached hydrogen (secondary N) is 1. The number of phenols is 1. The van der Waals surface area contributed by atoms with Crippen molar-refractivity contribution >= 4 is 17.9 Å². The minimum Gasteiger partial charge on any atom is -0.507 e. The normalized spacial score (nSPS) is 27.0. The molecule has 0 radical (unpaired) electrons. The number of ether oxygens (including phenoxy) is 1. The minimum atomic E-state index is -0.0586. The molecule has 0 aromatic heterocycles. The Hall–Kier alpha value is -1.78. The third-order valence-electron chi connectivity index (χ3n) is 7.43. The summed E-state index contributed by atoms with van der Waals surface area (Å²) in [4.78, 5) is 11.4. The van der Waals surface area contributed by atoms with Crippen LogP contribution >= 0.6 is 11.6 Å². The minimum absolute atomic E-state index is 0.0586. The van der Waals surface area contributed by atoms with Crippen LogP contribution in [-0.4, -0.2) is 31.1 Å². The summed E-state index contributed by atoms with van der Waals surface area (Å²) in [7, 11) is 1.52. The SMILES string of the molecule is CCN[C@H]1CC[C@@H](C)[C@](C)(/C=C/C(C)=C/Cc2c(O)c(C=O)c(C)c(Cl)c2OC)[C@H]1C. The highest BCUT2D eigenvalue weighted by atomic mass is 35.5. The molecule has 1 aromatic rings. The molecule has 0 amide bonds. The van der Waals surface area contributed by atoms with Crippen molar-refractivity contribution in [1.82, 2.24) is 5.32 Å². The van der Waals surface area contributed by atoms with E-state index in [4.69, 9.17) is 16.3 Å². The van der Waals surface area contributed by atoms with Gasteiger partial charge in [-0.25, -0.2) is 0 Å². The molecule has 0 heterocycles. The van der Waals surface area contributed by atoms with Crippen molar-refractivity contribution in [3.63, 3.8) is 0 Å². The second kappa shape index (κ2) is 10.7. The Balaban J connectivity index is 2.30. The van der Waals surface area contributed by atoms with Crippen LogP contribution in [0.1, 0.15) is 68.9 Å². The molecule has 172 valence electrons. The van der Waals surface area contributed by atoms with Crippen molar-refractivity contribution in [2.45, 2.75) is 66.8 Å². The van der Waals surface area contributed by atoms with Gasteiger partial charge in [0.05, 0.1) is 17.7 Å². The zero-order valence-corrected chi connectivity index (χ0v) is 20.8. The van der Waals surface area contributed by atoms with Crippen molar-refractivity contribution in [2.24, 2.45) is 17.3 Å². The Morgan fingerprint density at radius 1 is 1.35 bits per heavy atom. The molecule has 2 N–H and O–H groups in total. The van der Waals surface area contributed by atoms with Crippen LogP contribution in [0.4, 0.5) is 0 Å². The van der Waals surface area contributed by atoms with Crippen LogP contribution < -0.4 is 10.1 Å². The van der Waals surface area contributed by atoms with Gasteiger partial charge < -0.3 is 15.2 Å². The number of benzene rings is 1. The molecular weight excluding hydrogens is 410 g/mol. The lowest BCUT2D eigenvalue weighted by Gasteiger charge is -2.47. The van der Waals surface area contributed by atoms with Gasteiger partial charge in [0, 0.05) is 11.6 Å². The molecule has 5 heteroatoms. The number of hydrogen-bond acceptors (Lipinski definition) is 4.